The summed E-state index contributed by atoms with van der Waals surface area (Å²) in [5.41, 5.74) is 2.89. The summed E-state index contributed by atoms with van der Waals surface area (Å²) >= 11 is 4.87. The zero-order valence-corrected chi connectivity index (χ0v) is 26.2. The smallest absolute Gasteiger partial charge is 0.338 e. The monoisotopic (exact) mass is 646 g/mol. The first-order valence-electron chi connectivity index (χ1n) is 13.8. The number of aromatic nitrogens is 1. The Morgan fingerprint density at radius 1 is 1.05 bits per heavy atom. The Hall–Kier alpha value is -3.95. The molecule has 0 spiro atoms. The van der Waals surface area contributed by atoms with Crippen LogP contribution in [0.5, 0.6) is 11.5 Å². The number of benzene rings is 3. The molecule has 5 rings (SSSR count). The number of hydrogen-bond donors (Lipinski definition) is 0. The lowest BCUT2D eigenvalue weighted by atomic mass is 9.93. The van der Waals surface area contributed by atoms with Gasteiger partial charge in [-0.15, -0.1) is 0 Å². The molecule has 42 heavy (non-hydrogen) atoms. The Morgan fingerprint density at radius 3 is 2.43 bits per heavy atom. The van der Waals surface area contributed by atoms with Gasteiger partial charge in [-0.25, -0.2) is 9.79 Å². The molecule has 3 aromatic carbocycles. The molecule has 0 bridgehead atoms. The number of carbonyl (C=O) groups is 1. The zero-order chi connectivity index (χ0) is 29.8. The van der Waals surface area contributed by atoms with Crippen molar-refractivity contribution in [3.05, 3.63) is 119 Å². The minimum Gasteiger partial charge on any atom is -0.494 e. The average molecular weight is 648 g/mol. The van der Waals surface area contributed by atoms with Gasteiger partial charge < -0.3 is 14.2 Å². The predicted octanol–water partition coefficient (Wildman–Crippen LogP) is 5.88. The summed E-state index contributed by atoms with van der Waals surface area (Å²) in [6.45, 7) is 8.34. The van der Waals surface area contributed by atoms with Crippen LogP contribution in [-0.2, 0) is 9.53 Å². The zero-order valence-electron chi connectivity index (χ0n) is 23.8. The molecule has 7 nitrogen and oxygen atoms in total. The molecule has 1 aliphatic heterocycles. The quantitative estimate of drug-likeness (QED) is 0.212. The molecule has 0 unspecified atom stereocenters. The molecular formula is C33H31BrN2O5S. The minimum absolute atomic E-state index is 0.0332. The third-order valence-electron chi connectivity index (χ3n) is 6.50. The van der Waals surface area contributed by atoms with E-state index in [1.165, 1.54) is 11.3 Å². The van der Waals surface area contributed by atoms with Crippen molar-refractivity contribution < 1.29 is 19.0 Å². The molecule has 0 aliphatic carbocycles. The Labute approximate surface area is 256 Å². The topological polar surface area (TPSA) is 79.1 Å². The molecule has 0 saturated heterocycles. The Kier molecular flexibility index (Phi) is 9.09. The van der Waals surface area contributed by atoms with E-state index in [2.05, 4.69) is 15.9 Å². The SMILES string of the molecule is CCOC(=O)C1=C(c2ccccc2)N=c2s/c(=C\c3ccc(OC(C)C)c(Br)c3)c(=O)n2[C@@H]1c1ccc(OCC)cc1. The molecule has 1 aromatic heterocycles. The number of rotatable bonds is 9. The van der Waals surface area contributed by atoms with E-state index >= 15 is 0 Å². The molecule has 1 atom stereocenters. The maximum absolute atomic E-state index is 14.1. The van der Waals surface area contributed by atoms with Crippen molar-refractivity contribution in [3.8, 4) is 11.5 Å². The second-order valence-corrected chi connectivity index (χ2v) is 11.7. The van der Waals surface area contributed by atoms with Gasteiger partial charge in [0.05, 0.1) is 45.6 Å². The van der Waals surface area contributed by atoms with Crippen molar-refractivity contribution in [2.45, 2.75) is 39.8 Å². The van der Waals surface area contributed by atoms with Crippen LogP contribution < -0.4 is 24.4 Å². The van der Waals surface area contributed by atoms with E-state index in [9.17, 15) is 9.59 Å². The van der Waals surface area contributed by atoms with Crippen LogP contribution in [-0.4, -0.2) is 29.9 Å². The summed E-state index contributed by atoms with van der Waals surface area (Å²) in [5, 5.41) is 0. The lowest BCUT2D eigenvalue weighted by Gasteiger charge is -2.26. The number of esters is 1. The first-order chi connectivity index (χ1) is 20.3. The fourth-order valence-corrected chi connectivity index (χ4v) is 6.27. The standard InChI is InChI=1S/C33H31BrN2O5S/c1-5-39-24-15-13-23(14-16-24)30-28(32(38)40-6-2)29(22-10-8-7-9-11-22)35-33-36(30)31(37)27(42-33)19-21-12-17-26(25(34)18-21)41-20(3)4/h7-20,30H,5-6H2,1-4H3/b27-19-/t30-/m1/s1. The van der Waals surface area contributed by atoms with E-state index in [0.29, 0.717) is 33.0 Å². The van der Waals surface area contributed by atoms with Crippen molar-refractivity contribution in [2.75, 3.05) is 13.2 Å². The largest absolute Gasteiger partial charge is 0.494 e. The summed E-state index contributed by atoms with van der Waals surface area (Å²) in [5.74, 6) is 0.915. The molecule has 9 heteroatoms. The van der Waals surface area contributed by atoms with Gasteiger partial charge in [-0.2, -0.15) is 0 Å². The molecule has 0 saturated carbocycles. The molecule has 1 aliphatic rings. The average Bonchev–Trinajstić information content (AvgIpc) is 3.29. The number of hydrogen-bond acceptors (Lipinski definition) is 7. The van der Waals surface area contributed by atoms with Crippen molar-refractivity contribution in [2.24, 2.45) is 4.99 Å². The van der Waals surface area contributed by atoms with Crippen LogP contribution in [0.3, 0.4) is 0 Å². The first-order valence-corrected chi connectivity index (χ1v) is 15.4. The van der Waals surface area contributed by atoms with Gasteiger partial charge in [-0.3, -0.25) is 9.36 Å². The molecule has 2 heterocycles. The Morgan fingerprint density at radius 2 is 1.79 bits per heavy atom. The Balaban J connectivity index is 1.74. The van der Waals surface area contributed by atoms with Crippen molar-refractivity contribution in [1.82, 2.24) is 4.57 Å². The number of ether oxygens (including phenoxy) is 3. The van der Waals surface area contributed by atoms with Crippen LogP contribution in [0.2, 0.25) is 0 Å². The normalized spacial score (nSPS) is 14.9. The fraction of sp³-hybridized carbons (Fsp3) is 0.242. The third-order valence-corrected chi connectivity index (χ3v) is 8.10. The molecule has 0 radical (unpaired) electrons. The maximum atomic E-state index is 14.1. The molecule has 216 valence electrons. The van der Waals surface area contributed by atoms with Crippen LogP contribution in [0.25, 0.3) is 11.8 Å². The van der Waals surface area contributed by atoms with Crippen LogP contribution in [0.4, 0.5) is 0 Å². The number of carbonyl (C=O) groups excluding carboxylic acids is 1. The van der Waals surface area contributed by atoms with Crippen LogP contribution >= 0.6 is 27.3 Å². The fourth-order valence-electron chi connectivity index (χ4n) is 4.78. The van der Waals surface area contributed by atoms with E-state index in [0.717, 1.165) is 26.9 Å². The van der Waals surface area contributed by atoms with E-state index in [1.807, 2.05) is 99.6 Å². The first kappa shape index (κ1) is 29.5. The van der Waals surface area contributed by atoms with Gasteiger partial charge in [0.1, 0.15) is 11.5 Å². The summed E-state index contributed by atoms with van der Waals surface area (Å²) < 4.78 is 19.9. The lowest BCUT2D eigenvalue weighted by molar-refractivity contribution is -0.138. The molecule has 4 aromatic rings. The van der Waals surface area contributed by atoms with Crippen LogP contribution in [0.1, 0.15) is 50.4 Å². The highest BCUT2D eigenvalue weighted by atomic mass is 79.9. The third kappa shape index (κ3) is 6.12. The van der Waals surface area contributed by atoms with E-state index in [-0.39, 0.29) is 18.3 Å². The summed E-state index contributed by atoms with van der Waals surface area (Å²) in [6.07, 6.45) is 1.87. The van der Waals surface area contributed by atoms with Gasteiger partial charge in [0.2, 0.25) is 0 Å². The number of thiazole rings is 1. The van der Waals surface area contributed by atoms with Crippen molar-refractivity contribution in [3.63, 3.8) is 0 Å². The highest BCUT2D eigenvalue weighted by Crippen LogP contribution is 2.36. The van der Waals surface area contributed by atoms with Gasteiger partial charge in [-0.1, -0.05) is 59.9 Å². The van der Waals surface area contributed by atoms with Crippen molar-refractivity contribution in [1.29, 1.82) is 0 Å². The molecule has 0 N–H and O–H groups in total. The maximum Gasteiger partial charge on any atom is 0.338 e. The second-order valence-electron chi connectivity index (χ2n) is 9.79. The van der Waals surface area contributed by atoms with Gasteiger partial charge in [0.15, 0.2) is 4.80 Å². The summed E-state index contributed by atoms with van der Waals surface area (Å²) in [6, 6.07) is 21.9. The lowest BCUT2D eigenvalue weighted by Crippen LogP contribution is -2.40. The van der Waals surface area contributed by atoms with E-state index in [1.54, 1.807) is 11.5 Å². The molecule has 0 amide bonds. The predicted molar refractivity (Wildman–Crippen MR) is 169 cm³/mol. The van der Waals surface area contributed by atoms with Crippen molar-refractivity contribution >= 4 is 45.0 Å². The summed E-state index contributed by atoms with van der Waals surface area (Å²) in [4.78, 5) is 33.1. The summed E-state index contributed by atoms with van der Waals surface area (Å²) in [7, 11) is 0. The highest BCUT2D eigenvalue weighted by molar-refractivity contribution is 9.10. The van der Waals surface area contributed by atoms with Gasteiger partial charge in [-0.05, 0) is 85.1 Å². The molecule has 0 fully saturated rings. The molecular weight excluding hydrogens is 616 g/mol. The second kappa shape index (κ2) is 12.9. The minimum atomic E-state index is -0.748. The van der Waals surface area contributed by atoms with Gasteiger partial charge >= 0.3 is 5.97 Å². The number of nitrogens with zero attached hydrogens (tertiary/aromatic N) is 2. The van der Waals surface area contributed by atoms with E-state index < -0.39 is 12.0 Å². The highest BCUT2D eigenvalue weighted by Gasteiger charge is 2.35. The van der Waals surface area contributed by atoms with Crippen LogP contribution in [0.15, 0.2) is 92.6 Å². The number of fused-ring (bicyclic) bond motifs is 1. The Bertz CT molecular complexity index is 1810. The van der Waals surface area contributed by atoms with Gasteiger partial charge in [0, 0.05) is 5.56 Å². The van der Waals surface area contributed by atoms with Crippen LogP contribution in [0, 0.1) is 0 Å². The number of halogens is 1. The van der Waals surface area contributed by atoms with Gasteiger partial charge in [0.25, 0.3) is 5.56 Å². The van der Waals surface area contributed by atoms with E-state index in [4.69, 9.17) is 19.2 Å².